The van der Waals surface area contributed by atoms with Crippen molar-refractivity contribution in [2.45, 2.75) is 19.3 Å². The average molecular weight is 378 g/mol. The Morgan fingerprint density at radius 3 is 2.24 bits per heavy atom. The van der Waals surface area contributed by atoms with Crippen molar-refractivity contribution in [3.05, 3.63) is 107 Å². The molecule has 29 heavy (non-hydrogen) atoms. The quantitative estimate of drug-likeness (QED) is 0.576. The zero-order chi connectivity index (χ0) is 19.6. The normalized spacial score (nSPS) is 15.6. The van der Waals surface area contributed by atoms with E-state index in [-0.39, 0.29) is 0 Å². The van der Waals surface area contributed by atoms with Gasteiger partial charge < -0.3 is 4.74 Å². The average Bonchev–Trinajstić information content (AvgIpc) is 3.00. The number of benzene rings is 3. The van der Waals surface area contributed by atoms with Gasteiger partial charge in [0.25, 0.3) is 0 Å². The summed E-state index contributed by atoms with van der Waals surface area (Å²) in [5.41, 5.74) is 9.52. The van der Waals surface area contributed by atoms with Crippen LogP contribution in [0.2, 0.25) is 0 Å². The maximum absolute atomic E-state index is 5.36. The van der Waals surface area contributed by atoms with Gasteiger partial charge in [-0.1, -0.05) is 66.7 Å². The molecule has 1 aliphatic carbocycles. The zero-order valence-electron chi connectivity index (χ0n) is 16.4. The van der Waals surface area contributed by atoms with Gasteiger partial charge in [-0.3, -0.25) is 0 Å². The Labute approximate surface area is 171 Å². The fraction of sp³-hybridized carbons (Fsp3) is 0.154. The molecule has 0 bridgehead atoms. The summed E-state index contributed by atoms with van der Waals surface area (Å²) in [6, 6.07) is 27.3. The van der Waals surface area contributed by atoms with Gasteiger partial charge in [0.05, 0.1) is 18.5 Å². The van der Waals surface area contributed by atoms with E-state index >= 15 is 0 Å². The van der Waals surface area contributed by atoms with Gasteiger partial charge in [-0.05, 0) is 52.8 Å². The summed E-state index contributed by atoms with van der Waals surface area (Å²) >= 11 is 0. The number of hydrogen-bond donors (Lipinski definition) is 0. The highest BCUT2D eigenvalue weighted by atomic mass is 16.5. The van der Waals surface area contributed by atoms with E-state index in [2.05, 4.69) is 60.7 Å². The molecule has 0 amide bonds. The van der Waals surface area contributed by atoms with Crippen LogP contribution in [0.5, 0.6) is 5.75 Å². The van der Waals surface area contributed by atoms with E-state index in [9.17, 15) is 0 Å². The van der Waals surface area contributed by atoms with Crippen molar-refractivity contribution in [1.82, 2.24) is 0 Å². The van der Waals surface area contributed by atoms with Gasteiger partial charge in [-0.15, -0.1) is 5.10 Å². The van der Waals surface area contributed by atoms with E-state index in [1.807, 2.05) is 18.2 Å². The van der Waals surface area contributed by atoms with Crippen LogP contribution in [-0.4, -0.2) is 18.5 Å². The Morgan fingerprint density at radius 1 is 0.690 bits per heavy atom. The molecule has 3 nitrogen and oxygen atoms in total. The van der Waals surface area contributed by atoms with Crippen LogP contribution in [0.1, 0.15) is 35.1 Å². The van der Waals surface area contributed by atoms with Crippen LogP contribution < -0.4 is 4.74 Å². The topological polar surface area (TPSA) is 34.0 Å². The fourth-order valence-corrected chi connectivity index (χ4v) is 4.20. The number of rotatable bonds is 3. The molecule has 3 aromatic rings. The van der Waals surface area contributed by atoms with Crippen LogP contribution in [0.4, 0.5) is 0 Å². The third-order valence-corrected chi connectivity index (χ3v) is 5.73. The first-order chi connectivity index (χ1) is 14.3. The van der Waals surface area contributed by atoms with Crippen LogP contribution in [0.25, 0.3) is 5.57 Å². The fourth-order valence-electron chi connectivity index (χ4n) is 4.20. The number of methoxy groups -OCH3 is 1. The second-order valence-electron chi connectivity index (χ2n) is 7.38. The molecule has 3 aromatic carbocycles. The highest BCUT2D eigenvalue weighted by molar-refractivity contribution is 6.21. The van der Waals surface area contributed by atoms with Gasteiger partial charge in [0.1, 0.15) is 5.75 Å². The number of allylic oxidation sites excluding steroid dienone is 2. The van der Waals surface area contributed by atoms with Crippen molar-refractivity contribution >= 4 is 17.0 Å². The van der Waals surface area contributed by atoms with E-state index in [0.717, 1.165) is 42.0 Å². The molecule has 1 heterocycles. The largest absolute Gasteiger partial charge is 0.497 e. The summed E-state index contributed by atoms with van der Waals surface area (Å²) in [5.74, 6) is 0.868. The molecule has 0 aromatic heterocycles. The summed E-state index contributed by atoms with van der Waals surface area (Å²) in [4.78, 5) is 0. The molecule has 1 aliphatic heterocycles. The van der Waals surface area contributed by atoms with Gasteiger partial charge in [0.2, 0.25) is 0 Å². The van der Waals surface area contributed by atoms with Crippen LogP contribution in [-0.2, 0) is 6.42 Å². The number of nitrogens with zero attached hydrogens (tertiary/aromatic N) is 2. The molecule has 0 saturated carbocycles. The molecule has 5 rings (SSSR count). The monoisotopic (exact) mass is 378 g/mol. The van der Waals surface area contributed by atoms with E-state index in [0.29, 0.717) is 0 Å². The summed E-state index contributed by atoms with van der Waals surface area (Å²) in [5, 5.41) is 9.50. The first kappa shape index (κ1) is 17.6. The molecule has 0 radical (unpaired) electrons. The molecular weight excluding hydrogens is 356 g/mol. The lowest BCUT2D eigenvalue weighted by molar-refractivity contribution is 0.415. The standard InChI is InChI=1S/C26H22N2O/c1-29-21-14-11-19(12-15-21)24-17-25(20-8-3-2-4-9-20)27-28-26-22-10-6-5-7-18(22)13-16-23(24)26/h2-12,14-15H,13,16-17H2,1H3. The highest BCUT2D eigenvalue weighted by Crippen LogP contribution is 2.36. The van der Waals surface area contributed by atoms with E-state index < -0.39 is 0 Å². The van der Waals surface area contributed by atoms with Crippen molar-refractivity contribution < 1.29 is 4.74 Å². The Morgan fingerprint density at radius 2 is 1.45 bits per heavy atom. The minimum Gasteiger partial charge on any atom is -0.497 e. The lowest BCUT2D eigenvalue weighted by Gasteiger charge is -2.23. The van der Waals surface area contributed by atoms with Crippen LogP contribution >= 0.6 is 0 Å². The number of aryl methyl sites for hydroxylation is 1. The molecule has 0 spiro atoms. The molecule has 0 saturated heterocycles. The third-order valence-electron chi connectivity index (χ3n) is 5.73. The van der Waals surface area contributed by atoms with Crippen molar-refractivity contribution in [2.24, 2.45) is 10.2 Å². The Hall–Kier alpha value is -3.46. The summed E-state index contributed by atoms with van der Waals surface area (Å²) in [7, 11) is 1.70. The lowest BCUT2D eigenvalue weighted by atomic mass is 9.81. The lowest BCUT2D eigenvalue weighted by Crippen LogP contribution is -2.16. The van der Waals surface area contributed by atoms with Crippen molar-refractivity contribution in [3.8, 4) is 5.75 Å². The molecule has 0 fully saturated rings. The first-order valence-corrected chi connectivity index (χ1v) is 9.98. The summed E-state index contributed by atoms with van der Waals surface area (Å²) < 4.78 is 5.36. The Bertz CT molecular complexity index is 1140. The van der Waals surface area contributed by atoms with Crippen LogP contribution in [0, 0.1) is 0 Å². The van der Waals surface area contributed by atoms with E-state index in [1.165, 1.54) is 27.8 Å². The van der Waals surface area contributed by atoms with Crippen molar-refractivity contribution in [2.75, 3.05) is 7.11 Å². The number of hydrogen-bond acceptors (Lipinski definition) is 3. The molecule has 142 valence electrons. The van der Waals surface area contributed by atoms with Gasteiger partial charge in [-0.25, -0.2) is 0 Å². The predicted octanol–water partition coefficient (Wildman–Crippen LogP) is 5.69. The van der Waals surface area contributed by atoms with Crippen molar-refractivity contribution in [1.29, 1.82) is 0 Å². The Kier molecular flexibility index (Phi) is 4.57. The summed E-state index contributed by atoms with van der Waals surface area (Å²) in [6.45, 7) is 0. The number of fused-ring (bicyclic) bond motifs is 3. The van der Waals surface area contributed by atoms with Gasteiger partial charge >= 0.3 is 0 Å². The zero-order valence-corrected chi connectivity index (χ0v) is 16.4. The van der Waals surface area contributed by atoms with Gasteiger partial charge in [-0.2, -0.15) is 5.10 Å². The van der Waals surface area contributed by atoms with Gasteiger partial charge in [0.15, 0.2) is 0 Å². The second kappa shape index (κ2) is 7.51. The van der Waals surface area contributed by atoms with Crippen LogP contribution in [0.15, 0.2) is 94.6 Å². The first-order valence-electron chi connectivity index (χ1n) is 9.98. The van der Waals surface area contributed by atoms with E-state index in [4.69, 9.17) is 14.9 Å². The predicted molar refractivity (Wildman–Crippen MR) is 119 cm³/mol. The highest BCUT2D eigenvalue weighted by Gasteiger charge is 2.26. The minimum atomic E-state index is 0.765. The minimum absolute atomic E-state index is 0.765. The van der Waals surface area contributed by atoms with Gasteiger partial charge in [0, 0.05) is 12.0 Å². The molecule has 3 heteroatoms. The molecule has 0 N–H and O–H groups in total. The molecule has 0 atom stereocenters. The smallest absolute Gasteiger partial charge is 0.118 e. The molecule has 0 unspecified atom stereocenters. The molecule has 2 aliphatic rings. The summed E-state index contributed by atoms with van der Waals surface area (Å²) in [6.07, 6.45) is 2.78. The second-order valence-corrected chi connectivity index (χ2v) is 7.38. The third kappa shape index (κ3) is 3.29. The van der Waals surface area contributed by atoms with Crippen LogP contribution in [0.3, 0.4) is 0 Å². The van der Waals surface area contributed by atoms with E-state index in [1.54, 1.807) is 7.11 Å². The maximum Gasteiger partial charge on any atom is 0.118 e. The number of ether oxygens (including phenoxy) is 1. The van der Waals surface area contributed by atoms with Crippen molar-refractivity contribution in [3.63, 3.8) is 0 Å². The Balaban J connectivity index is 1.69. The maximum atomic E-state index is 5.36. The molecular formula is C26H22N2O. The SMILES string of the molecule is COc1ccc(C2=C3CCc4ccccc4C3=NN=C(c3ccccc3)C2)cc1.